The molecule has 3 aromatic carbocycles. The first kappa shape index (κ1) is 52.0. The van der Waals surface area contributed by atoms with E-state index in [1.807, 2.05) is 0 Å². The fourth-order valence-corrected chi connectivity index (χ4v) is 6.19. The smallest absolute Gasteiger partial charge is 0.682 e. The number of nitrogens with zero attached hydrogens (tertiary/aromatic N) is 3. The van der Waals surface area contributed by atoms with Crippen LogP contribution in [0.15, 0.2) is 0 Å². The third-order valence-corrected chi connectivity index (χ3v) is 8.41. The molecule has 0 saturated carbocycles. The first-order valence-electron chi connectivity index (χ1n) is 15.3. The van der Waals surface area contributed by atoms with Gasteiger partial charge in [0.2, 0.25) is 0 Å². The Balaban J connectivity index is 0.000000724. The summed E-state index contributed by atoms with van der Waals surface area (Å²) < 4.78 is 198. The van der Waals surface area contributed by atoms with E-state index in [0.29, 0.717) is 0 Å². The van der Waals surface area contributed by atoms with Gasteiger partial charge in [-0.15, -0.1) is 0 Å². The Morgan fingerprint density at radius 1 is 0.315 bits per heavy atom. The van der Waals surface area contributed by atoms with E-state index >= 15 is 0 Å². The minimum Gasteiger partial charge on any atom is -0.682 e. The maximum Gasteiger partial charge on any atom is 3.00 e. The Kier molecular flexibility index (Phi) is 20.1. The van der Waals surface area contributed by atoms with Crippen LogP contribution in [0.2, 0.25) is 58.9 Å². The van der Waals surface area contributed by atoms with Gasteiger partial charge in [0.1, 0.15) is 34.9 Å². The molecule has 1 aliphatic rings. The largest absolute Gasteiger partial charge is 3.00 e. The molecule has 1 aliphatic heterocycles. The van der Waals surface area contributed by atoms with E-state index in [0.717, 1.165) is 13.2 Å². The molecule has 0 aromatic heterocycles. The van der Waals surface area contributed by atoms with E-state index in [4.69, 9.17) is 4.74 Å². The van der Waals surface area contributed by atoms with Crippen LogP contribution >= 0.6 is 0 Å². The Hall–Kier alpha value is -2.04. The van der Waals surface area contributed by atoms with E-state index in [-0.39, 0.29) is 40.4 Å². The number of halogens is 15. The summed E-state index contributed by atoms with van der Waals surface area (Å²) in [5.74, 6) is -29.5. The van der Waals surface area contributed by atoms with Gasteiger partial charge in [-0.2, -0.15) is 0 Å². The average molecular weight is 985 g/mol. The molecule has 0 spiro atoms. The molecule has 23 heteroatoms. The molecule has 0 bridgehead atoms. The number of hydrogen-bond acceptors (Lipinski definition) is 1. The topological polar surface area (TPSA) is 51.5 Å². The minimum atomic E-state index is -2.33. The van der Waals surface area contributed by atoms with Gasteiger partial charge >= 0.3 is 40.4 Å². The van der Waals surface area contributed by atoms with Gasteiger partial charge in [-0.25, -0.2) is 65.9 Å². The van der Waals surface area contributed by atoms with Crippen LogP contribution in [0.4, 0.5) is 82.9 Å². The van der Waals surface area contributed by atoms with Crippen LogP contribution in [-0.2, 0) is 4.74 Å². The van der Waals surface area contributed by atoms with E-state index in [2.05, 4.69) is 14.9 Å². The predicted molar refractivity (Wildman–Crippen MR) is 178 cm³/mol. The summed E-state index contributed by atoms with van der Waals surface area (Å²) in [4.78, 5) is 10.8. The third kappa shape index (κ3) is 14.8. The molecular weight excluding hydrogens is 950 g/mol. The van der Waals surface area contributed by atoms with Crippen molar-refractivity contribution < 1.29 is 111 Å². The summed E-state index contributed by atoms with van der Waals surface area (Å²) in [6.45, 7) is 16.5. The average Bonchev–Trinajstić information content (AvgIpc) is 3.65. The van der Waals surface area contributed by atoms with Crippen LogP contribution in [-0.4, -0.2) is 37.9 Å². The molecule has 1 fully saturated rings. The van der Waals surface area contributed by atoms with Crippen LogP contribution in [0.1, 0.15) is 12.8 Å². The van der Waals surface area contributed by atoms with Gasteiger partial charge in [0, 0.05) is 13.2 Å². The van der Waals surface area contributed by atoms with Crippen molar-refractivity contribution in [1.82, 2.24) is 0 Å². The van der Waals surface area contributed by atoms with E-state index < -0.39 is 129 Å². The van der Waals surface area contributed by atoms with Gasteiger partial charge in [0.25, 0.3) is 0 Å². The molecule has 0 amide bonds. The number of benzene rings is 3. The summed E-state index contributed by atoms with van der Waals surface area (Å²) in [6.07, 6.45) is 2.56. The second-order valence-electron chi connectivity index (χ2n) is 13.9. The predicted octanol–water partition coefficient (Wildman–Crippen LogP) is 13.5. The normalized spacial score (nSPS) is 12.7. The molecule has 0 aliphatic carbocycles. The molecule has 3 aromatic rings. The third-order valence-electron chi connectivity index (χ3n) is 5.73. The first-order valence-corrected chi connectivity index (χ1v) is 25.6. The molecule has 0 N–H and O–H groups in total. The van der Waals surface area contributed by atoms with Crippen molar-refractivity contribution in [3.8, 4) is 0 Å². The van der Waals surface area contributed by atoms with Crippen LogP contribution < -0.4 is 0 Å². The molecule has 1 heterocycles. The molecular formula is C31H35F15N3OSi3Sm. The van der Waals surface area contributed by atoms with Gasteiger partial charge < -0.3 is 19.7 Å². The van der Waals surface area contributed by atoms with Gasteiger partial charge in [0.15, 0.2) is 52.4 Å². The fraction of sp³-hybridized carbons (Fsp3) is 0.419. The van der Waals surface area contributed by atoms with Crippen LogP contribution in [0.5, 0.6) is 0 Å². The Morgan fingerprint density at radius 2 is 0.463 bits per heavy atom. The van der Waals surface area contributed by atoms with Crippen molar-refractivity contribution >= 4 is 41.8 Å². The number of hydrogen-bond donors (Lipinski definition) is 0. The maximum atomic E-state index is 13.1. The molecule has 4 nitrogen and oxygen atoms in total. The Labute approximate surface area is 338 Å². The number of ether oxygens (including phenoxy) is 1. The van der Waals surface area contributed by atoms with Crippen LogP contribution in [0.3, 0.4) is 0 Å². The molecule has 303 valence electrons. The summed E-state index contributed by atoms with van der Waals surface area (Å²) in [5, 5.41) is 0. The zero-order chi connectivity index (χ0) is 41.5. The van der Waals surface area contributed by atoms with Crippen LogP contribution in [0.25, 0.3) is 14.9 Å². The van der Waals surface area contributed by atoms with Crippen molar-refractivity contribution in [2.45, 2.75) is 71.8 Å². The van der Waals surface area contributed by atoms with Gasteiger partial charge in [-0.3, -0.25) is 0 Å². The zero-order valence-corrected chi connectivity index (χ0v) is 35.8. The second kappa shape index (κ2) is 20.9. The van der Waals surface area contributed by atoms with Gasteiger partial charge in [0.05, 0.1) is 0 Å². The Morgan fingerprint density at radius 3 is 0.574 bits per heavy atom. The molecule has 0 atom stereocenters. The quantitative estimate of drug-likeness (QED) is 0.105. The van der Waals surface area contributed by atoms with Crippen molar-refractivity contribution in [2.24, 2.45) is 0 Å². The van der Waals surface area contributed by atoms with Gasteiger partial charge in [-0.05, 0) is 37.5 Å². The monoisotopic (exact) mass is 986 g/mol. The SMILES string of the molecule is C1CCOC1.C[Si](C)(C)[N-]c1c(F)c(F)c(F)c(F)c1F.C[Si](C)(C)[N-]c1c(F)c(F)c(F)c(F)c1F.C[Si](C)(C)[N-]c1c(F)c(F)c(F)c(F)c1F.[Sm+3]. The van der Waals surface area contributed by atoms with Gasteiger partial charge in [-0.1, -0.05) is 76.0 Å². The van der Waals surface area contributed by atoms with E-state index in [9.17, 15) is 65.9 Å². The Bertz CT molecular complexity index is 1480. The first-order chi connectivity index (χ1) is 23.9. The van der Waals surface area contributed by atoms with Crippen molar-refractivity contribution in [1.29, 1.82) is 0 Å². The standard InChI is InChI=1S/3C9H9F5NSi.C4H8O.Sm/c3*1-16(2,3)15-9-7(13)5(11)4(10)6(12)8(9)14;1-2-4-5-3-1;/h3*1-3H3;1-4H2;/q3*-1;;+3. The summed E-state index contributed by atoms with van der Waals surface area (Å²) in [6, 6.07) is 0. The molecule has 0 unspecified atom stereocenters. The van der Waals surface area contributed by atoms with Crippen molar-refractivity contribution in [2.75, 3.05) is 13.2 Å². The zero-order valence-electron chi connectivity index (χ0n) is 30.2. The molecule has 1 radical (unpaired) electrons. The summed E-state index contributed by atoms with van der Waals surface area (Å²) in [7, 11) is -7.00. The number of rotatable bonds is 6. The minimum absolute atomic E-state index is 0. The summed E-state index contributed by atoms with van der Waals surface area (Å²) >= 11 is 0. The van der Waals surface area contributed by atoms with E-state index in [1.165, 1.54) is 12.8 Å². The maximum absolute atomic E-state index is 13.1. The second-order valence-corrected chi connectivity index (χ2v) is 27.6. The van der Waals surface area contributed by atoms with Crippen molar-refractivity contribution in [3.05, 3.63) is 102 Å². The summed E-state index contributed by atoms with van der Waals surface area (Å²) in [5.41, 5.74) is -3.22. The molecule has 4 rings (SSSR count). The molecule has 1 saturated heterocycles. The van der Waals surface area contributed by atoms with Crippen molar-refractivity contribution in [3.63, 3.8) is 0 Å². The van der Waals surface area contributed by atoms with Crippen LogP contribution in [0, 0.1) is 128 Å². The molecule has 54 heavy (non-hydrogen) atoms. The fourth-order valence-electron chi connectivity index (χ4n) is 3.59. The van der Waals surface area contributed by atoms with E-state index in [1.54, 1.807) is 58.9 Å².